The number of hydrogen-bond donors (Lipinski definition) is 0. The molecule has 8 aromatic carbocycles. The van der Waals surface area contributed by atoms with Gasteiger partial charge in [0.1, 0.15) is 11.5 Å². The van der Waals surface area contributed by atoms with Gasteiger partial charge in [-0.05, 0) is 119 Å². The number of para-hydroxylation sites is 2. The van der Waals surface area contributed by atoms with Crippen LogP contribution in [-0.4, -0.2) is 6.79 Å². The summed E-state index contributed by atoms with van der Waals surface area (Å²) in [5, 5.41) is 0. The molecule has 0 bridgehead atoms. The van der Waals surface area contributed by atoms with Gasteiger partial charge in [-0.3, -0.25) is 0 Å². The van der Waals surface area contributed by atoms with Gasteiger partial charge in [-0.15, -0.1) is 0 Å². The molecule has 0 spiro atoms. The Morgan fingerprint density at radius 2 is 0.509 bits per heavy atom. The van der Waals surface area contributed by atoms with Crippen LogP contribution in [0.3, 0.4) is 0 Å². The van der Waals surface area contributed by atoms with Crippen LogP contribution in [0.2, 0.25) is 0 Å². The van der Waals surface area contributed by atoms with Crippen LogP contribution in [0.5, 0.6) is 11.5 Å². The molecule has 8 aromatic rings. The third kappa shape index (κ3) is 9.58. The number of hydrogen-bond acceptors (Lipinski definition) is 4. The largest absolute Gasteiger partial charge is 0.458 e. The number of ether oxygens (including phenoxy) is 2. The second-order valence-corrected chi connectivity index (χ2v) is 13.4. The number of rotatable bonds is 14. The number of nitrogens with zero attached hydrogens (tertiary/aromatic N) is 2. The van der Waals surface area contributed by atoms with Gasteiger partial charge in [-0.1, -0.05) is 146 Å². The van der Waals surface area contributed by atoms with Crippen molar-refractivity contribution in [3.05, 3.63) is 241 Å². The zero-order valence-electron chi connectivity index (χ0n) is 31.5. The van der Waals surface area contributed by atoms with Crippen molar-refractivity contribution < 1.29 is 9.47 Å². The minimum absolute atomic E-state index is 0.0828. The molecule has 0 unspecified atom stereocenters. The third-order valence-corrected chi connectivity index (χ3v) is 9.51. The molecule has 57 heavy (non-hydrogen) atoms. The van der Waals surface area contributed by atoms with Gasteiger partial charge in [0, 0.05) is 34.1 Å². The lowest BCUT2D eigenvalue weighted by molar-refractivity contribution is 0.120. The van der Waals surface area contributed by atoms with Gasteiger partial charge >= 0.3 is 0 Å². The zero-order valence-corrected chi connectivity index (χ0v) is 31.5. The van der Waals surface area contributed by atoms with Crippen molar-refractivity contribution in [3.8, 4) is 11.5 Å². The molecule has 0 amide bonds. The van der Waals surface area contributed by atoms with Gasteiger partial charge < -0.3 is 19.3 Å². The van der Waals surface area contributed by atoms with Crippen molar-refractivity contribution in [2.45, 2.75) is 0 Å². The molecule has 0 aromatic heterocycles. The Hall–Kier alpha value is -7.56. The second kappa shape index (κ2) is 18.2. The Labute approximate surface area is 335 Å². The summed E-state index contributed by atoms with van der Waals surface area (Å²) in [7, 11) is 0. The SMILES string of the molecule is C(=C\c1ccc(N(c2ccccc2)c2ccc(OCOc3ccc(N(c4ccccc4)c4ccc(/C=C/c5ccccc5)cc4)cc3)cc2)cc1)/c1ccccc1. The van der Waals surface area contributed by atoms with Crippen molar-refractivity contribution in [2.24, 2.45) is 0 Å². The molecule has 4 heteroatoms. The summed E-state index contributed by atoms with van der Waals surface area (Å²) in [5.74, 6) is 1.45. The van der Waals surface area contributed by atoms with Crippen LogP contribution >= 0.6 is 0 Å². The average molecular weight is 739 g/mol. The van der Waals surface area contributed by atoms with E-state index in [4.69, 9.17) is 9.47 Å². The summed E-state index contributed by atoms with van der Waals surface area (Å²) in [6.07, 6.45) is 8.54. The topological polar surface area (TPSA) is 24.9 Å². The van der Waals surface area contributed by atoms with Crippen LogP contribution in [0.25, 0.3) is 24.3 Å². The van der Waals surface area contributed by atoms with E-state index in [-0.39, 0.29) is 6.79 Å². The lowest BCUT2D eigenvalue weighted by Crippen LogP contribution is -2.10. The summed E-state index contributed by atoms with van der Waals surface area (Å²) in [6.45, 7) is 0.0828. The van der Waals surface area contributed by atoms with Gasteiger partial charge in [-0.25, -0.2) is 0 Å². The molecule has 0 heterocycles. The molecular formula is C53H42N2O2. The van der Waals surface area contributed by atoms with Crippen LogP contribution in [0.15, 0.2) is 218 Å². The molecule has 276 valence electrons. The summed E-state index contributed by atoms with van der Waals surface area (Å²) in [6, 6.07) is 74.9. The highest BCUT2D eigenvalue weighted by atomic mass is 16.7. The van der Waals surface area contributed by atoms with E-state index < -0.39 is 0 Å². The monoisotopic (exact) mass is 738 g/mol. The van der Waals surface area contributed by atoms with Crippen LogP contribution in [-0.2, 0) is 0 Å². The average Bonchev–Trinajstić information content (AvgIpc) is 3.28. The maximum atomic E-state index is 6.05. The van der Waals surface area contributed by atoms with Crippen LogP contribution in [0.1, 0.15) is 22.3 Å². The van der Waals surface area contributed by atoms with Crippen LogP contribution in [0, 0.1) is 0 Å². The quantitative estimate of drug-likeness (QED) is 0.0819. The molecule has 8 rings (SSSR count). The first-order chi connectivity index (χ1) is 28.2. The fourth-order valence-electron chi connectivity index (χ4n) is 6.58. The summed E-state index contributed by atoms with van der Waals surface area (Å²) >= 11 is 0. The maximum Gasteiger partial charge on any atom is 0.230 e. The first kappa shape index (κ1) is 36.4. The highest BCUT2D eigenvalue weighted by Crippen LogP contribution is 2.37. The molecule has 0 atom stereocenters. The molecule has 0 aliphatic rings. The van der Waals surface area contributed by atoms with Gasteiger partial charge in [0.2, 0.25) is 6.79 Å². The molecule has 0 radical (unpaired) electrons. The molecule has 0 fully saturated rings. The van der Waals surface area contributed by atoms with Gasteiger partial charge in [-0.2, -0.15) is 0 Å². The Morgan fingerprint density at radius 1 is 0.263 bits per heavy atom. The summed E-state index contributed by atoms with van der Waals surface area (Å²) in [5.41, 5.74) is 11.0. The van der Waals surface area contributed by atoms with Crippen LogP contribution in [0.4, 0.5) is 34.1 Å². The highest BCUT2D eigenvalue weighted by molar-refractivity contribution is 5.80. The first-order valence-corrected chi connectivity index (χ1v) is 19.1. The molecule has 0 N–H and O–H groups in total. The summed E-state index contributed by atoms with van der Waals surface area (Å²) < 4.78 is 12.1. The Morgan fingerprint density at radius 3 is 0.825 bits per heavy atom. The van der Waals surface area contributed by atoms with E-state index in [1.807, 2.05) is 48.5 Å². The van der Waals surface area contributed by atoms with E-state index >= 15 is 0 Å². The van der Waals surface area contributed by atoms with Gasteiger partial charge in [0.25, 0.3) is 0 Å². The van der Waals surface area contributed by atoms with Crippen molar-refractivity contribution in [1.29, 1.82) is 0 Å². The third-order valence-electron chi connectivity index (χ3n) is 9.51. The molecule has 0 saturated carbocycles. The fourth-order valence-corrected chi connectivity index (χ4v) is 6.58. The number of anilines is 6. The Kier molecular flexibility index (Phi) is 11.6. The molecule has 0 aliphatic carbocycles. The molecular weight excluding hydrogens is 697 g/mol. The summed E-state index contributed by atoms with van der Waals surface area (Å²) in [4.78, 5) is 4.48. The normalized spacial score (nSPS) is 11.1. The standard InChI is InChI=1S/C53H42N2O2/c1-5-13-42(14-6-1)21-23-44-25-29-48(30-26-44)54(46-17-9-3-10-18-46)50-33-37-52(38-34-50)56-41-57-53-39-35-51(36-40-53)55(47-19-11-4-12-20-47)49-31-27-45(28-32-49)24-22-43-15-7-2-8-16-43/h1-40H,41H2/b23-21+,24-22+. The van der Waals surface area contributed by atoms with Crippen molar-refractivity contribution in [1.82, 2.24) is 0 Å². The maximum absolute atomic E-state index is 6.05. The lowest BCUT2D eigenvalue weighted by Gasteiger charge is -2.26. The minimum Gasteiger partial charge on any atom is -0.458 e. The molecule has 4 nitrogen and oxygen atoms in total. The number of benzene rings is 8. The van der Waals surface area contributed by atoms with E-state index in [1.54, 1.807) is 0 Å². The van der Waals surface area contributed by atoms with E-state index in [9.17, 15) is 0 Å². The zero-order chi connectivity index (χ0) is 38.5. The Balaban J connectivity index is 0.917. The van der Waals surface area contributed by atoms with E-state index in [1.165, 1.54) is 11.1 Å². The Bertz CT molecular complexity index is 2300. The van der Waals surface area contributed by atoms with Crippen molar-refractivity contribution >= 4 is 58.4 Å². The molecule has 0 aliphatic heterocycles. The van der Waals surface area contributed by atoms with Crippen LogP contribution < -0.4 is 19.3 Å². The van der Waals surface area contributed by atoms with E-state index in [2.05, 4.69) is 204 Å². The van der Waals surface area contributed by atoms with Crippen molar-refractivity contribution in [3.63, 3.8) is 0 Å². The molecule has 0 saturated heterocycles. The van der Waals surface area contributed by atoms with E-state index in [0.29, 0.717) is 0 Å². The van der Waals surface area contributed by atoms with E-state index in [0.717, 1.165) is 56.8 Å². The predicted octanol–water partition coefficient (Wildman–Crippen LogP) is 14.4. The lowest BCUT2D eigenvalue weighted by atomic mass is 10.1. The van der Waals surface area contributed by atoms with Gasteiger partial charge in [0.15, 0.2) is 0 Å². The minimum atomic E-state index is 0.0828. The highest BCUT2D eigenvalue weighted by Gasteiger charge is 2.14. The van der Waals surface area contributed by atoms with Crippen molar-refractivity contribution in [2.75, 3.05) is 16.6 Å². The first-order valence-electron chi connectivity index (χ1n) is 19.1. The predicted molar refractivity (Wildman–Crippen MR) is 239 cm³/mol. The van der Waals surface area contributed by atoms with Gasteiger partial charge in [0.05, 0.1) is 0 Å². The fraction of sp³-hybridized carbons (Fsp3) is 0.0189. The second-order valence-electron chi connectivity index (χ2n) is 13.4. The smallest absolute Gasteiger partial charge is 0.230 e.